The molecule has 4 heteroatoms. The number of aliphatic hydroxyl groups is 1. The Morgan fingerprint density at radius 3 is 2.88 bits per heavy atom. The highest BCUT2D eigenvalue weighted by Crippen LogP contribution is 2.19. The van der Waals surface area contributed by atoms with Crippen LogP contribution in [0.5, 0.6) is 0 Å². The molecule has 0 atom stereocenters. The molecule has 0 unspecified atom stereocenters. The van der Waals surface area contributed by atoms with E-state index in [0.717, 1.165) is 11.1 Å². The van der Waals surface area contributed by atoms with Crippen LogP contribution in [0, 0.1) is 11.8 Å². The van der Waals surface area contributed by atoms with Crippen molar-refractivity contribution in [2.24, 2.45) is 7.05 Å². The van der Waals surface area contributed by atoms with Crippen LogP contribution in [0.15, 0.2) is 30.6 Å². The summed E-state index contributed by atoms with van der Waals surface area (Å²) in [5.74, 6) is 5.97. The molecule has 3 nitrogen and oxygen atoms in total. The second kappa shape index (κ2) is 5.05. The van der Waals surface area contributed by atoms with Crippen molar-refractivity contribution < 1.29 is 5.11 Å². The van der Waals surface area contributed by atoms with E-state index in [1.165, 1.54) is 0 Å². The normalized spacial score (nSPS) is 9.82. The monoisotopic (exact) mass is 246 g/mol. The summed E-state index contributed by atoms with van der Waals surface area (Å²) in [6.07, 6.45) is 3.52. The predicted octanol–water partition coefficient (Wildman–Crippen LogP) is 1.97. The molecule has 0 spiro atoms. The van der Waals surface area contributed by atoms with Gasteiger partial charge in [0.2, 0.25) is 0 Å². The molecule has 0 aliphatic rings. The maximum absolute atomic E-state index is 9.23. The summed E-state index contributed by atoms with van der Waals surface area (Å²) in [6, 6.07) is 5.39. The van der Waals surface area contributed by atoms with Gasteiger partial charge in [-0.3, -0.25) is 4.68 Å². The molecule has 0 bridgehead atoms. The van der Waals surface area contributed by atoms with Crippen molar-refractivity contribution in [2.45, 2.75) is 6.61 Å². The van der Waals surface area contributed by atoms with E-state index in [9.17, 15) is 5.11 Å². The van der Waals surface area contributed by atoms with E-state index in [1.807, 2.05) is 25.4 Å². The average molecular weight is 247 g/mol. The van der Waals surface area contributed by atoms with E-state index in [4.69, 9.17) is 11.6 Å². The Kier molecular flexibility index (Phi) is 3.48. The first kappa shape index (κ1) is 11.7. The Morgan fingerprint density at radius 1 is 1.41 bits per heavy atom. The minimum Gasteiger partial charge on any atom is -0.392 e. The first-order valence-electron chi connectivity index (χ1n) is 5.09. The van der Waals surface area contributed by atoms with Gasteiger partial charge in [0, 0.05) is 29.4 Å². The molecule has 0 aliphatic carbocycles. The molecule has 0 saturated heterocycles. The van der Waals surface area contributed by atoms with Crippen LogP contribution in [-0.4, -0.2) is 14.9 Å². The molecule has 0 saturated carbocycles. The number of hydrogen-bond donors (Lipinski definition) is 1. The van der Waals surface area contributed by atoms with Gasteiger partial charge < -0.3 is 5.11 Å². The first-order valence-corrected chi connectivity index (χ1v) is 5.47. The van der Waals surface area contributed by atoms with E-state index in [0.29, 0.717) is 10.6 Å². The van der Waals surface area contributed by atoms with Crippen molar-refractivity contribution in [1.29, 1.82) is 0 Å². The van der Waals surface area contributed by atoms with Crippen molar-refractivity contribution >= 4 is 11.6 Å². The lowest BCUT2D eigenvalue weighted by Gasteiger charge is -2.02. The second-order valence-corrected chi connectivity index (χ2v) is 3.98. The third-order valence-electron chi connectivity index (χ3n) is 2.32. The number of hydrogen-bond acceptors (Lipinski definition) is 2. The van der Waals surface area contributed by atoms with Gasteiger partial charge in [-0.1, -0.05) is 29.5 Å². The zero-order chi connectivity index (χ0) is 12.3. The molecule has 86 valence electrons. The predicted molar refractivity (Wildman–Crippen MR) is 66.6 cm³/mol. The average Bonchev–Trinajstić information content (AvgIpc) is 2.72. The molecule has 17 heavy (non-hydrogen) atoms. The summed E-state index contributed by atoms with van der Waals surface area (Å²) in [7, 11) is 1.84. The Labute approximate surface area is 105 Å². The van der Waals surface area contributed by atoms with Crippen LogP contribution in [0.3, 0.4) is 0 Å². The minimum atomic E-state index is -0.114. The fraction of sp³-hybridized carbons (Fsp3) is 0.154. The van der Waals surface area contributed by atoms with Gasteiger partial charge in [-0.15, -0.1) is 0 Å². The smallest absolute Gasteiger partial charge is 0.0708 e. The molecular weight excluding hydrogens is 236 g/mol. The topological polar surface area (TPSA) is 38.0 Å². The van der Waals surface area contributed by atoms with Crippen molar-refractivity contribution in [2.75, 3.05) is 0 Å². The van der Waals surface area contributed by atoms with Crippen molar-refractivity contribution in [3.63, 3.8) is 0 Å². The summed E-state index contributed by atoms with van der Waals surface area (Å²) < 4.78 is 1.69. The molecule has 1 N–H and O–H groups in total. The van der Waals surface area contributed by atoms with Crippen LogP contribution < -0.4 is 0 Å². The van der Waals surface area contributed by atoms with Crippen LogP contribution in [0.2, 0.25) is 5.02 Å². The van der Waals surface area contributed by atoms with Gasteiger partial charge in [-0.25, -0.2) is 0 Å². The molecular formula is C13H11ClN2O. The van der Waals surface area contributed by atoms with Crippen molar-refractivity contribution in [3.8, 4) is 11.8 Å². The van der Waals surface area contributed by atoms with Crippen LogP contribution in [0.25, 0.3) is 0 Å². The van der Waals surface area contributed by atoms with E-state index >= 15 is 0 Å². The SMILES string of the molecule is Cn1cc(C#Cc2cccc(Cl)c2CO)cn1. The van der Waals surface area contributed by atoms with E-state index in [2.05, 4.69) is 16.9 Å². The van der Waals surface area contributed by atoms with Gasteiger partial charge >= 0.3 is 0 Å². The summed E-state index contributed by atoms with van der Waals surface area (Å²) in [5.41, 5.74) is 2.23. The molecule has 2 aromatic rings. The summed E-state index contributed by atoms with van der Waals surface area (Å²) in [5, 5.41) is 13.8. The van der Waals surface area contributed by atoms with Gasteiger partial charge in [0.15, 0.2) is 0 Å². The van der Waals surface area contributed by atoms with Crippen molar-refractivity contribution in [1.82, 2.24) is 9.78 Å². The zero-order valence-electron chi connectivity index (χ0n) is 9.31. The maximum atomic E-state index is 9.23. The quantitative estimate of drug-likeness (QED) is 0.782. The standard InChI is InChI=1S/C13H11ClN2O/c1-16-8-10(7-15-16)5-6-11-3-2-4-13(14)12(11)9-17/h2-4,7-8,17H,9H2,1H3. The summed E-state index contributed by atoms with van der Waals surface area (Å²) in [4.78, 5) is 0. The maximum Gasteiger partial charge on any atom is 0.0708 e. The Morgan fingerprint density at radius 2 is 2.24 bits per heavy atom. The van der Waals surface area contributed by atoms with E-state index in [-0.39, 0.29) is 6.61 Å². The highest BCUT2D eigenvalue weighted by atomic mass is 35.5. The number of rotatable bonds is 1. The molecule has 1 heterocycles. The van der Waals surface area contributed by atoms with Crippen molar-refractivity contribution in [3.05, 3.63) is 52.3 Å². The summed E-state index contributed by atoms with van der Waals surface area (Å²) in [6.45, 7) is -0.114. The zero-order valence-corrected chi connectivity index (χ0v) is 10.1. The Balaban J connectivity index is 2.36. The number of benzene rings is 1. The lowest BCUT2D eigenvalue weighted by atomic mass is 10.1. The highest BCUT2D eigenvalue weighted by Gasteiger charge is 2.03. The molecule has 1 aromatic heterocycles. The fourth-order valence-corrected chi connectivity index (χ4v) is 1.70. The van der Waals surface area contributed by atoms with Crippen LogP contribution in [-0.2, 0) is 13.7 Å². The molecule has 0 radical (unpaired) electrons. The third-order valence-corrected chi connectivity index (χ3v) is 2.68. The van der Waals surface area contributed by atoms with Crippen LogP contribution >= 0.6 is 11.6 Å². The molecule has 0 amide bonds. The number of nitrogens with zero attached hydrogens (tertiary/aromatic N) is 2. The molecule has 1 aromatic carbocycles. The lowest BCUT2D eigenvalue weighted by molar-refractivity contribution is 0.281. The Bertz CT molecular complexity index is 593. The Hall–Kier alpha value is -1.76. The second-order valence-electron chi connectivity index (χ2n) is 3.58. The van der Waals surface area contributed by atoms with Gasteiger partial charge in [-0.2, -0.15) is 5.10 Å². The molecule has 0 aliphatic heterocycles. The molecule has 0 fully saturated rings. The first-order chi connectivity index (χ1) is 8.20. The van der Waals surface area contributed by atoms with Crippen LogP contribution in [0.4, 0.5) is 0 Å². The minimum absolute atomic E-state index is 0.114. The van der Waals surface area contributed by atoms with E-state index < -0.39 is 0 Å². The third kappa shape index (κ3) is 2.68. The number of halogens is 1. The molecule has 2 rings (SSSR count). The number of aliphatic hydroxyl groups excluding tert-OH is 1. The van der Waals surface area contributed by atoms with E-state index in [1.54, 1.807) is 16.9 Å². The van der Waals surface area contributed by atoms with Gasteiger partial charge in [0.25, 0.3) is 0 Å². The number of aromatic nitrogens is 2. The van der Waals surface area contributed by atoms with Gasteiger partial charge in [0.1, 0.15) is 0 Å². The van der Waals surface area contributed by atoms with Crippen LogP contribution in [0.1, 0.15) is 16.7 Å². The van der Waals surface area contributed by atoms with Gasteiger partial charge in [-0.05, 0) is 12.1 Å². The lowest BCUT2D eigenvalue weighted by Crippen LogP contribution is -1.90. The summed E-state index contributed by atoms with van der Waals surface area (Å²) >= 11 is 5.97. The fourth-order valence-electron chi connectivity index (χ4n) is 1.46. The largest absolute Gasteiger partial charge is 0.392 e. The number of aryl methyl sites for hydroxylation is 1. The van der Waals surface area contributed by atoms with Gasteiger partial charge in [0.05, 0.1) is 18.4 Å². The highest BCUT2D eigenvalue weighted by molar-refractivity contribution is 6.31.